The predicted molar refractivity (Wildman–Crippen MR) is 78.9 cm³/mol. The molecule has 0 spiro atoms. The van der Waals surface area contributed by atoms with E-state index in [2.05, 4.69) is 17.4 Å². The minimum atomic E-state index is -0.826. The Labute approximate surface area is 124 Å². The number of hydrogen-bond acceptors (Lipinski definition) is 2. The van der Waals surface area contributed by atoms with Crippen LogP contribution in [-0.2, 0) is 9.59 Å². The summed E-state index contributed by atoms with van der Waals surface area (Å²) in [5.74, 6) is -0.479. The topological polar surface area (TPSA) is 66.4 Å². The van der Waals surface area contributed by atoms with Crippen LogP contribution < -0.4 is 5.32 Å². The van der Waals surface area contributed by atoms with Crippen LogP contribution in [0.5, 0.6) is 0 Å². The smallest absolute Gasteiger partial charge is 0.305 e. The monoisotopic (exact) mass is 287 g/mol. The SMILES string of the molecule is O=C(O)CC1(NC(=O)C2CC2c2ccccc2)CCCC1. The van der Waals surface area contributed by atoms with E-state index >= 15 is 0 Å². The third-order valence-corrected chi connectivity index (χ3v) is 4.79. The highest BCUT2D eigenvalue weighted by atomic mass is 16.4. The Balaban J connectivity index is 1.63. The van der Waals surface area contributed by atoms with Crippen LogP contribution in [0.4, 0.5) is 0 Å². The Morgan fingerprint density at radius 2 is 1.86 bits per heavy atom. The Bertz CT molecular complexity index is 534. The van der Waals surface area contributed by atoms with E-state index in [0.717, 1.165) is 32.1 Å². The second-order valence-corrected chi connectivity index (χ2v) is 6.41. The lowest BCUT2D eigenvalue weighted by Crippen LogP contribution is -2.48. The molecule has 0 radical (unpaired) electrons. The van der Waals surface area contributed by atoms with Crippen molar-refractivity contribution < 1.29 is 14.7 Å². The molecule has 112 valence electrons. The summed E-state index contributed by atoms with van der Waals surface area (Å²) < 4.78 is 0. The van der Waals surface area contributed by atoms with Crippen molar-refractivity contribution >= 4 is 11.9 Å². The normalized spacial score (nSPS) is 26.3. The molecule has 2 aliphatic carbocycles. The summed E-state index contributed by atoms with van der Waals surface area (Å²) in [7, 11) is 0. The first-order valence-electron chi connectivity index (χ1n) is 7.68. The van der Waals surface area contributed by atoms with Gasteiger partial charge in [0.05, 0.1) is 12.0 Å². The lowest BCUT2D eigenvalue weighted by Gasteiger charge is -2.28. The largest absolute Gasteiger partial charge is 0.481 e. The van der Waals surface area contributed by atoms with Gasteiger partial charge in [0.25, 0.3) is 0 Å². The van der Waals surface area contributed by atoms with E-state index in [1.807, 2.05) is 18.2 Å². The molecule has 1 amide bonds. The van der Waals surface area contributed by atoms with Gasteiger partial charge in [0.1, 0.15) is 0 Å². The Hall–Kier alpha value is -1.84. The van der Waals surface area contributed by atoms with Crippen LogP contribution in [0.3, 0.4) is 0 Å². The number of aliphatic carboxylic acids is 1. The van der Waals surface area contributed by atoms with Gasteiger partial charge in [0, 0.05) is 5.92 Å². The maximum absolute atomic E-state index is 12.4. The molecule has 2 saturated carbocycles. The summed E-state index contributed by atoms with van der Waals surface area (Å²) in [6, 6.07) is 10.1. The molecule has 3 rings (SSSR count). The number of amides is 1. The van der Waals surface area contributed by atoms with Crippen molar-refractivity contribution in [1.29, 1.82) is 0 Å². The zero-order valence-electron chi connectivity index (χ0n) is 12.0. The molecule has 0 aliphatic heterocycles. The van der Waals surface area contributed by atoms with Gasteiger partial charge in [-0.3, -0.25) is 9.59 Å². The lowest BCUT2D eigenvalue weighted by atomic mass is 9.92. The molecule has 4 nitrogen and oxygen atoms in total. The first-order valence-corrected chi connectivity index (χ1v) is 7.68. The van der Waals surface area contributed by atoms with Crippen molar-refractivity contribution in [2.75, 3.05) is 0 Å². The molecule has 0 bridgehead atoms. The standard InChI is InChI=1S/C17H21NO3/c19-15(20)11-17(8-4-5-9-17)18-16(21)14-10-13(14)12-6-2-1-3-7-12/h1-3,6-7,13-14H,4-5,8-11H2,(H,18,21)(H,19,20). The Morgan fingerprint density at radius 3 is 2.48 bits per heavy atom. The Kier molecular flexibility index (Phi) is 3.70. The zero-order chi connectivity index (χ0) is 14.9. The summed E-state index contributed by atoms with van der Waals surface area (Å²) in [5, 5.41) is 12.2. The molecule has 2 N–H and O–H groups in total. The molecule has 1 aromatic rings. The highest BCUT2D eigenvalue weighted by Crippen LogP contribution is 2.48. The number of carboxylic acids is 1. The summed E-state index contributed by atoms with van der Waals surface area (Å²) >= 11 is 0. The molecule has 2 fully saturated rings. The average Bonchev–Trinajstić information content (AvgIpc) is 3.15. The van der Waals surface area contributed by atoms with Gasteiger partial charge in [-0.1, -0.05) is 43.2 Å². The van der Waals surface area contributed by atoms with Crippen LogP contribution in [0.1, 0.15) is 50.0 Å². The third-order valence-electron chi connectivity index (χ3n) is 4.79. The summed E-state index contributed by atoms with van der Waals surface area (Å²) in [6.45, 7) is 0. The van der Waals surface area contributed by atoms with E-state index in [0.29, 0.717) is 5.92 Å². The second kappa shape index (κ2) is 5.51. The summed E-state index contributed by atoms with van der Waals surface area (Å²) in [6.07, 6.45) is 4.49. The quantitative estimate of drug-likeness (QED) is 0.875. The van der Waals surface area contributed by atoms with Crippen LogP contribution >= 0.6 is 0 Å². The molecular formula is C17H21NO3. The van der Waals surface area contributed by atoms with Gasteiger partial charge in [-0.2, -0.15) is 0 Å². The zero-order valence-corrected chi connectivity index (χ0v) is 12.0. The number of rotatable bonds is 5. The molecular weight excluding hydrogens is 266 g/mol. The maximum Gasteiger partial charge on any atom is 0.305 e. The van der Waals surface area contributed by atoms with Gasteiger partial charge in [0.15, 0.2) is 0 Å². The predicted octanol–water partition coefficient (Wildman–Crippen LogP) is 2.69. The Morgan fingerprint density at radius 1 is 1.19 bits per heavy atom. The highest BCUT2D eigenvalue weighted by Gasteiger charge is 2.47. The van der Waals surface area contributed by atoms with Crippen molar-refractivity contribution in [3.8, 4) is 0 Å². The minimum Gasteiger partial charge on any atom is -0.481 e. The number of benzene rings is 1. The number of hydrogen-bond donors (Lipinski definition) is 2. The number of carbonyl (C=O) groups is 2. The van der Waals surface area contributed by atoms with Gasteiger partial charge in [0.2, 0.25) is 5.91 Å². The fraction of sp³-hybridized carbons (Fsp3) is 0.529. The van der Waals surface area contributed by atoms with Crippen LogP contribution in [0, 0.1) is 5.92 Å². The number of carboxylic acid groups (broad SMARTS) is 1. The van der Waals surface area contributed by atoms with Gasteiger partial charge in [-0.25, -0.2) is 0 Å². The summed E-state index contributed by atoms with van der Waals surface area (Å²) in [5.41, 5.74) is 0.698. The fourth-order valence-electron chi connectivity index (χ4n) is 3.59. The van der Waals surface area contributed by atoms with E-state index < -0.39 is 11.5 Å². The average molecular weight is 287 g/mol. The van der Waals surface area contributed by atoms with Gasteiger partial charge < -0.3 is 10.4 Å². The molecule has 0 aromatic heterocycles. The molecule has 2 unspecified atom stereocenters. The molecule has 2 atom stereocenters. The van der Waals surface area contributed by atoms with E-state index in [-0.39, 0.29) is 18.2 Å². The lowest BCUT2D eigenvalue weighted by molar-refractivity contribution is -0.139. The van der Waals surface area contributed by atoms with E-state index in [4.69, 9.17) is 5.11 Å². The maximum atomic E-state index is 12.4. The van der Waals surface area contributed by atoms with E-state index in [1.54, 1.807) is 0 Å². The molecule has 0 heterocycles. The van der Waals surface area contributed by atoms with Crippen molar-refractivity contribution in [2.45, 2.75) is 50.0 Å². The first kappa shape index (κ1) is 14.1. The highest BCUT2D eigenvalue weighted by molar-refractivity contribution is 5.84. The van der Waals surface area contributed by atoms with Crippen molar-refractivity contribution in [1.82, 2.24) is 5.32 Å². The van der Waals surface area contributed by atoms with Crippen LogP contribution in [0.2, 0.25) is 0 Å². The number of carbonyl (C=O) groups excluding carboxylic acids is 1. The molecule has 21 heavy (non-hydrogen) atoms. The van der Waals surface area contributed by atoms with E-state index in [9.17, 15) is 9.59 Å². The van der Waals surface area contributed by atoms with Crippen molar-refractivity contribution in [3.63, 3.8) is 0 Å². The second-order valence-electron chi connectivity index (χ2n) is 6.41. The van der Waals surface area contributed by atoms with Crippen LogP contribution in [0.15, 0.2) is 30.3 Å². The molecule has 2 aliphatic rings. The van der Waals surface area contributed by atoms with Gasteiger partial charge in [-0.15, -0.1) is 0 Å². The number of nitrogens with one attached hydrogen (secondary N) is 1. The first-order chi connectivity index (χ1) is 10.1. The summed E-state index contributed by atoms with van der Waals surface area (Å²) in [4.78, 5) is 23.5. The molecule has 4 heteroatoms. The van der Waals surface area contributed by atoms with Crippen LogP contribution in [0.25, 0.3) is 0 Å². The van der Waals surface area contributed by atoms with Gasteiger partial charge >= 0.3 is 5.97 Å². The minimum absolute atomic E-state index is 0.0127. The third kappa shape index (κ3) is 3.09. The molecule has 0 saturated heterocycles. The van der Waals surface area contributed by atoms with E-state index in [1.165, 1.54) is 5.56 Å². The van der Waals surface area contributed by atoms with Crippen LogP contribution in [-0.4, -0.2) is 22.5 Å². The van der Waals surface area contributed by atoms with Crippen molar-refractivity contribution in [3.05, 3.63) is 35.9 Å². The molecule has 1 aromatic carbocycles. The fourth-order valence-corrected chi connectivity index (χ4v) is 3.59. The van der Waals surface area contributed by atoms with Gasteiger partial charge in [-0.05, 0) is 30.7 Å². The van der Waals surface area contributed by atoms with Crippen molar-refractivity contribution in [2.24, 2.45) is 5.92 Å².